The lowest BCUT2D eigenvalue weighted by atomic mass is 10.0. The van der Waals surface area contributed by atoms with E-state index in [1.54, 1.807) is 24.1 Å². The number of para-hydroxylation sites is 1. The van der Waals surface area contributed by atoms with Crippen LogP contribution < -0.4 is 4.72 Å². The fraction of sp³-hybridized carbons (Fsp3) is 0.261. The predicted molar refractivity (Wildman–Crippen MR) is 119 cm³/mol. The van der Waals surface area contributed by atoms with Crippen molar-refractivity contribution < 1.29 is 13.2 Å². The van der Waals surface area contributed by atoms with Gasteiger partial charge in [-0.1, -0.05) is 60.7 Å². The number of fused-ring (bicyclic) bond motifs is 1. The molecule has 1 N–H and O–H groups in total. The van der Waals surface area contributed by atoms with Crippen molar-refractivity contribution in [1.82, 2.24) is 4.90 Å². The summed E-state index contributed by atoms with van der Waals surface area (Å²) in [5.41, 5.74) is 2.58. The van der Waals surface area contributed by atoms with Crippen LogP contribution in [0.1, 0.15) is 17.5 Å². The Morgan fingerprint density at radius 2 is 1.62 bits per heavy atom. The first-order valence-corrected chi connectivity index (χ1v) is 11.5. The molecule has 0 aromatic heterocycles. The Bertz CT molecular complexity index is 1110. The fourth-order valence-corrected chi connectivity index (χ4v) is 3.89. The van der Waals surface area contributed by atoms with Crippen LogP contribution in [0.5, 0.6) is 0 Å². The Morgan fingerprint density at radius 3 is 2.38 bits per heavy atom. The van der Waals surface area contributed by atoms with Gasteiger partial charge in [0.25, 0.3) is 0 Å². The lowest BCUT2D eigenvalue weighted by Crippen LogP contribution is -2.29. The van der Waals surface area contributed by atoms with Crippen LogP contribution in [0.3, 0.4) is 0 Å². The zero-order valence-electron chi connectivity index (χ0n) is 16.8. The average Bonchev–Trinajstić information content (AvgIpc) is 2.69. The van der Waals surface area contributed by atoms with Crippen molar-refractivity contribution in [2.45, 2.75) is 19.3 Å². The van der Waals surface area contributed by atoms with E-state index in [9.17, 15) is 13.2 Å². The molecule has 0 saturated carbocycles. The summed E-state index contributed by atoms with van der Waals surface area (Å²) < 4.78 is 25.6. The van der Waals surface area contributed by atoms with E-state index in [1.807, 2.05) is 24.3 Å². The number of hydrogen-bond donors (Lipinski definition) is 1. The van der Waals surface area contributed by atoms with Crippen LogP contribution in [0.2, 0.25) is 0 Å². The molecule has 3 aromatic rings. The number of benzene rings is 3. The van der Waals surface area contributed by atoms with Crippen molar-refractivity contribution in [1.29, 1.82) is 0 Å². The molecule has 152 valence electrons. The minimum Gasteiger partial charge on any atom is -0.345 e. The molecule has 0 spiro atoms. The lowest BCUT2D eigenvalue weighted by molar-refractivity contribution is -0.129. The van der Waals surface area contributed by atoms with Crippen LogP contribution in [0, 0.1) is 0 Å². The first-order valence-electron chi connectivity index (χ1n) is 9.59. The summed E-state index contributed by atoms with van der Waals surface area (Å²) >= 11 is 0. The highest BCUT2D eigenvalue weighted by atomic mass is 32.2. The van der Waals surface area contributed by atoms with Crippen molar-refractivity contribution in [2.24, 2.45) is 0 Å². The largest absolute Gasteiger partial charge is 0.345 e. The second-order valence-electron chi connectivity index (χ2n) is 7.28. The number of carbonyl (C=O) groups is 1. The standard InChI is InChI=1S/C23H26N2O3S/c1-25(16-15-20-8-5-6-10-22(20)24-29(2,27)28)23(26)14-12-18-11-13-19-7-3-4-9-21(19)17-18/h3-11,13,17,24H,12,14-16H2,1-2H3. The van der Waals surface area contributed by atoms with E-state index < -0.39 is 10.0 Å². The smallest absolute Gasteiger partial charge is 0.229 e. The summed E-state index contributed by atoms with van der Waals surface area (Å²) in [6.45, 7) is 0.527. The van der Waals surface area contributed by atoms with E-state index in [0.717, 1.165) is 17.4 Å². The van der Waals surface area contributed by atoms with E-state index in [-0.39, 0.29) is 5.91 Å². The molecule has 0 atom stereocenters. The summed E-state index contributed by atoms with van der Waals surface area (Å²) in [6.07, 6.45) is 2.85. The first kappa shape index (κ1) is 20.9. The van der Waals surface area contributed by atoms with Gasteiger partial charge in [-0.2, -0.15) is 0 Å². The molecular weight excluding hydrogens is 384 g/mol. The van der Waals surface area contributed by atoms with Crippen LogP contribution in [-0.2, 0) is 27.7 Å². The molecule has 0 unspecified atom stereocenters. The molecule has 0 heterocycles. The maximum absolute atomic E-state index is 12.5. The molecule has 0 aliphatic rings. The molecule has 6 heteroatoms. The van der Waals surface area contributed by atoms with Crippen LogP contribution >= 0.6 is 0 Å². The van der Waals surface area contributed by atoms with Gasteiger partial charge in [0, 0.05) is 20.0 Å². The van der Waals surface area contributed by atoms with Gasteiger partial charge in [-0.25, -0.2) is 8.42 Å². The average molecular weight is 411 g/mol. The highest BCUT2D eigenvalue weighted by molar-refractivity contribution is 7.92. The minimum atomic E-state index is -3.34. The molecule has 0 fully saturated rings. The van der Waals surface area contributed by atoms with Crippen molar-refractivity contribution in [3.05, 3.63) is 77.9 Å². The van der Waals surface area contributed by atoms with Gasteiger partial charge in [0.1, 0.15) is 0 Å². The topological polar surface area (TPSA) is 66.5 Å². The van der Waals surface area contributed by atoms with Crippen LogP contribution in [0.4, 0.5) is 5.69 Å². The van der Waals surface area contributed by atoms with Crippen LogP contribution in [-0.4, -0.2) is 39.1 Å². The van der Waals surface area contributed by atoms with E-state index >= 15 is 0 Å². The maximum Gasteiger partial charge on any atom is 0.229 e. The Morgan fingerprint density at radius 1 is 0.931 bits per heavy atom. The van der Waals surface area contributed by atoms with Crippen molar-refractivity contribution in [3.63, 3.8) is 0 Å². The summed E-state index contributed by atoms with van der Waals surface area (Å²) in [5.74, 6) is 0.0757. The molecule has 0 radical (unpaired) electrons. The van der Waals surface area contributed by atoms with Crippen molar-refractivity contribution >= 4 is 32.4 Å². The van der Waals surface area contributed by atoms with Crippen LogP contribution in [0.25, 0.3) is 10.8 Å². The number of nitrogens with zero attached hydrogens (tertiary/aromatic N) is 1. The van der Waals surface area contributed by atoms with Crippen LogP contribution in [0.15, 0.2) is 66.7 Å². The van der Waals surface area contributed by atoms with Gasteiger partial charge in [-0.3, -0.25) is 9.52 Å². The molecule has 0 saturated heterocycles. The Labute approximate surface area is 172 Å². The number of aryl methyl sites for hydroxylation is 1. The highest BCUT2D eigenvalue weighted by Gasteiger charge is 2.12. The number of sulfonamides is 1. The number of carbonyl (C=O) groups excluding carboxylic acids is 1. The number of anilines is 1. The monoisotopic (exact) mass is 410 g/mol. The number of amides is 1. The Hall–Kier alpha value is -2.86. The third kappa shape index (κ3) is 6.06. The SMILES string of the molecule is CN(CCc1ccccc1NS(C)(=O)=O)C(=O)CCc1ccc2ccccc2c1. The number of nitrogens with one attached hydrogen (secondary N) is 1. The third-order valence-corrected chi connectivity index (χ3v) is 5.49. The molecule has 0 bridgehead atoms. The first-order chi connectivity index (χ1) is 13.8. The van der Waals surface area contributed by atoms with Gasteiger partial charge < -0.3 is 4.90 Å². The minimum absolute atomic E-state index is 0.0757. The molecule has 1 amide bonds. The van der Waals surface area contributed by atoms with Crippen molar-refractivity contribution in [2.75, 3.05) is 24.6 Å². The highest BCUT2D eigenvalue weighted by Crippen LogP contribution is 2.18. The third-order valence-electron chi connectivity index (χ3n) is 4.90. The summed E-state index contributed by atoms with van der Waals surface area (Å²) in [5, 5.41) is 2.38. The zero-order chi connectivity index (χ0) is 20.9. The van der Waals surface area contributed by atoms with Gasteiger partial charge in [-0.05, 0) is 40.8 Å². The van der Waals surface area contributed by atoms with E-state index in [4.69, 9.17) is 0 Å². The maximum atomic E-state index is 12.5. The molecule has 3 rings (SSSR count). The molecule has 5 nitrogen and oxygen atoms in total. The van der Waals surface area contributed by atoms with Crippen molar-refractivity contribution in [3.8, 4) is 0 Å². The van der Waals surface area contributed by atoms with Gasteiger partial charge in [0.2, 0.25) is 15.9 Å². The van der Waals surface area contributed by atoms with E-state index in [2.05, 4.69) is 35.1 Å². The van der Waals surface area contributed by atoms with Gasteiger partial charge >= 0.3 is 0 Å². The predicted octanol–water partition coefficient (Wildman–Crippen LogP) is 3.85. The lowest BCUT2D eigenvalue weighted by Gasteiger charge is -2.18. The fourth-order valence-electron chi connectivity index (χ4n) is 3.29. The normalized spacial score (nSPS) is 11.4. The number of likely N-dealkylation sites (N-methyl/N-ethyl adjacent to an activating group) is 1. The summed E-state index contributed by atoms with van der Waals surface area (Å²) in [4.78, 5) is 14.2. The second kappa shape index (κ2) is 9.09. The quantitative estimate of drug-likeness (QED) is 0.613. The molecule has 3 aromatic carbocycles. The van der Waals surface area contributed by atoms with Gasteiger partial charge in [0.05, 0.1) is 11.9 Å². The molecule has 0 aliphatic carbocycles. The summed E-state index contributed by atoms with van der Waals surface area (Å²) in [6, 6.07) is 21.7. The number of hydrogen-bond acceptors (Lipinski definition) is 3. The van der Waals surface area contributed by atoms with Gasteiger partial charge in [-0.15, -0.1) is 0 Å². The number of rotatable bonds is 8. The Balaban J connectivity index is 1.55. The second-order valence-corrected chi connectivity index (χ2v) is 9.03. The molecular formula is C23H26N2O3S. The molecule has 0 aliphatic heterocycles. The van der Waals surface area contributed by atoms with E-state index in [1.165, 1.54) is 10.8 Å². The van der Waals surface area contributed by atoms with E-state index in [0.29, 0.717) is 31.5 Å². The Kier molecular flexibility index (Phi) is 6.54. The molecule has 29 heavy (non-hydrogen) atoms. The van der Waals surface area contributed by atoms with Gasteiger partial charge in [0.15, 0.2) is 0 Å². The summed E-state index contributed by atoms with van der Waals surface area (Å²) in [7, 11) is -1.55. The zero-order valence-corrected chi connectivity index (χ0v) is 17.6.